The van der Waals surface area contributed by atoms with E-state index in [1.165, 1.54) is 0 Å². The summed E-state index contributed by atoms with van der Waals surface area (Å²) in [4.78, 5) is 22.1. The van der Waals surface area contributed by atoms with Crippen LogP contribution in [-0.2, 0) is 19.0 Å². The number of hydrogen-bond acceptors (Lipinski definition) is 5. The molecule has 0 aromatic heterocycles. The molecule has 1 atom stereocenters. The topological polar surface area (TPSA) is 61.8 Å². The largest absolute Gasteiger partial charge is 0.509 e. The molecule has 5 heteroatoms. The highest BCUT2D eigenvalue weighted by atomic mass is 16.8. The van der Waals surface area contributed by atoms with Crippen molar-refractivity contribution < 1.29 is 23.8 Å². The summed E-state index contributed by atoms with van der Waals surface area (Å²) in [6, 6.07) is 0. The highest BCUT2D eigenvalue weighted by Gasteiger charge is 2.53. The van der Waals surface area contributed by atoms with E-state index in [2.05, 4.69) is 0 Å². The Morgan fingerprint density at radius 1 is 1.29 bits per heavy atom. The molecular weight excluding hydrogens is 224 g/mol. The Balaban J connectivity index is 2.40. The van der Waals surface area contributed by atoms with Crippen molar-refractivity contribution >= 4 is 12.1 Å². The average Bonchev–Trinajstić information content (AvgIpc) is 2.42. The van der Waals surface area contributed by atoms with Crippen molar-refractivity contribution in [3.05, 3.63) is 0 Å². The zero-order valence-corrected chi connectivity index (χ0v) is 10.9. The second-order valence-electron chi connectivity index (χ2n) is 4.87. The fourth-order valence-electron chi connectivity index (χ4n) is 1.69. The van der Waals surface area contributed by atoms with E-state index in [9.17, 15) is 9.59 Å². The monoisotopic (exact) mass is 244 g/mol. The van der Waals surface area contributed by atoms with Crippen LogP contribution >= 0.6 is 0 Å². The summed E-state index contributed by atoms with van der Waals surface area (Å²) in [5.74, 6) is -0.214. The molecule has 1 aliphatic rings. The standard InChI is InChI=1S/C12H20O5/c1-5-9(13)15-8-6-7-12(4)11(2,3)16-10(14)17-12/h5-8H2,1-4H3. The lowest BCUT2D eigenvalue weighted by atomic mass is 9.84. The first kappa shape index (κ1) is 13.8. The van der Waals surface area contributed by atoms with Crippen LogP contribution in [-0.4, -0.2) is 29.9 Å². The molecule has 1 unspecified atom stereocenters. The van der Waals surface area contributed by atoms with Crippen molar-refractivity contribution in [1.82, 2.24) is 0 Å². The van der Waals surface area contributed by atoms with Crippen molar-refractivity contribution in [3.63, 3.8) is 0 Å². The molecule has 1 fully saturated rings. The van der Waals surface area contributed by atoms with Gasteiger partial charge in [-0.15, -0.1) is 0 Å². The van der Waals surface area contributed by atoms with E-state index in [4.69, 9.17) is 14.2 Å². The average molecular weight is 244 g/mol. The first-order valence-corrected chi connectivity index (χ1v) is 5.88. The van der Waals surface area contributed by atoms with Crippen LogP contribution in [0.4, 0.5) is 4.79 Å². The lowest BCUT2D eigenvalue weighted by molar-refractivity contribution is -0.143. The number of esters is 1. The van der Waals surface area contributed by atoms with Gasteiger partial charge in [-0.1, -0.05) is 6.92 Å². The van der Waals surface area contributed by atoms with Gasteiger partial charge in [0.15, 0.2) is 5.60 Å². The van der Waals surface area contributed by atoms with E-state index in [1.54, 1.807) is 6.92 Å². The Labute approximate surface area is 101 Å². The Hall–Kier alpha value is -1.26. The summed E-state index contributed by atoms with van der Waals surface area (Å²) in [6.07, 6.45) is 0.981. The van der Waals surface area contributed by atoms with E-state index in [-0.39, 0.29) is 5.97 Å². The van der Waals surface area contributed by atoms with Gasteiger partial charge < -0.3 is 14.2 Å². The van der Waals surface area contributed by atoms with Crippen molar-refractivity contribution in [2.75, 3.05) is 6.61 Å². The maximum absolute atomic E-state index is 11.1. The molecule has 1 heterocycles. The van der Waals surface area contributed by atoms with Crippen LogP contribution in [0.5, 0.6) is 0 Å². The van der Waals surface area contributed by atoms with E-state index >= 15 is 0 Å². The predicted molar refractivity (Wildman–Crippen MR) is 60.5 cm³/mol. The molecule has 0 saturated carbocycles. The first-order chi connectivity index (χ1) is 7.81. The predicted octanol–water partition coefficient (Wildman–Crippen LogP) is 2.42. The zero-order chi connectivity index (χ0) is 13.1. The maximum atomic E-state index is 11.1. The SMILES string of the molecule is CCC(=O)OCCCC1(C)OC(=O)OC1(C)C. The molecule has 0 aromatic rings. The second-order valence-corrected chi connectivity index (χ2v) is 4.87. The van der Waals surface area contributed by atoms with Gasteiger partial charge in [0.2, 0.25) is 0 Å². The number of carbonyl (C=O) groups excluding carboxylic acids is 2. The number of carbonyl (C=O) groups is 2. The second kappa shape index (κ2) is 4.94. The normalized spacial score (nSPS) is 26.2. The summed E-state index contributed by atoms with van der Waals surface area (Å²) < 4.78 is 15.3. The molecule has 0 N–H and O–H groups in total. The summed E-state index contributed by atoms with van der Waals surface area (Å²) in [5.41, 5.74) is -1.32. The highest BCUT2D eigenvalue weighted by molar-refractivity contribution is 5.68. The summed E-state index contributed by atoms with van der Waals surface area (Å²) in [7, 11) is 0. The summed E-state index contributed by atoms with van der Waals surface area (Å²) in [6.45, 7) is 7.56. The summed E-state index contributed by atoms with van der Waals surface area (Å²) >= 11 is 0. The molecule has 17 heavy (non-hydrogen) atoms. The molecule has 98 valence electrons. The van der Waals surface area contributed by atoms with Gasteiger partial charge in [-0.25, -0.2) is 4.79 Å². The third-order valence-corrected chi connectivity index (χ3v) is 3.27. The minimum atomic E-state index is -0.664. The highest BCUT2D eigenvalue weighted by Crippen LogP contribution is 2.39. The minimum Gasteiger partial charge on any atom is -0.466 e. The molecule has 1 saturated heterocycles. The number of cyclic esters (lactones) is 2. The number of ether oxygens (including phenoxy) is 3. The minimum absolute atomic E-state index is 0.214. The molecule has 0 amide bonds. The van der Waals surface area contributed by atoms with Crippen molar-refractivity contribution in [2.24, 2.45) is 0 Å². The van der Waals surface area contributed by atoms with Crippen molar-refractivity contribution in [2.45, 2.75) is 58.2 Å². The molecule has 1 rings (SSSR count). The van der Waals surface area contributed by atoms with Gasteiger partial charge in [-0.3, -0.25) is 4.79 Å². The Kier molecular flexibility index (Phi) is 4.01. The van der Waals surface area contributed by atoms with E-state index in [1.807, 2.05) is 20.8 Å². The Morgan fingerprint density at radius 3 is 2.41 bits per heavy atom. The fourth-order valence-corrected chi connectivity index (χ4v) is 1.69. The molecule has 0 aromatic carbocycles. The van der Waals surface area contributed by atoms with Gasteiger partial charge in [-0.05, 0) is 33.6 Å². The third kappa shape index (κ3) is 3.11. The van der Waals surface area contributed by atoms with Crippen molar-refractivity contribution in [3.8, 4) is 0 Å². The third-order valence-electron chi connectivity index (χ3n) is 3.27. The molecule has 0 aliphatic carbocycles. The van der Waals surface area contributed by atoms with Crippen LogP contribution in [0.2, 0.25) is 0 Å². The lowest BCUT2D eigenvalue weighted by Gasteiger charge is -2.32. The molecule has 0 radical (unpaired) electrons. The Morgan fingerprint density at radius 2 is 1.94 bits per heavy atom. The molecule has 0 spiro atoms. The van der Waals surface area contributed by atoms with Crippen LogP contribution < -0.4 is 0 Å². The van der Waals surface area contributed by atoms with E-state index in [0.29, 0.717) is 25.9 Å². The summed E-state index contributed by atoms with van der Waals surface area (Å²) in [5, 5.41) is 0. The van der Waals surface area contributed by atoms with Crippen LogP contribution in [0.15, 0.2) is 0 Å². The van der Waals surface area contributed by atoms with Crippen LogP contribution in [0.1, 0.15) is 47.0 Å². The van der Waals surface area contributed by atoms with Crippen LogP contribution in [0.3, 0.4) is 0 Å². The van der Waals surface area contributed by atoms with E-state index < -0.39 is 17.4 Å². The van der Waals surface area contributed by atoms with Crippen LogP contribution in [0, 0.1) is 0 Å². The zero-order valence-electron chi connectivity index (χ0n) is 10.9. The quantitative estimate of drug-likeness (QED) is 0.549. The number of rotatable bonds is 5. The maximum Gasteiger partial charge on any atom is 0.509 e. The molecule has 0 bridgehead atoms. The smallest absolute Gasteiger partial charge is 0.466 e. The lowest BCUT2D eigenvalue weighted by Crippen LogP contribution is -2.44. The van der Waals surface area contributed by atoms with Gasteiger partial charge in [0.25, 0.3) is 0 Å². The van der Waals surface area contributed by atoms with Gasteiger partial charge in [0.1, 0.15) is 5.60 Å². The molecular formula is C12H20O5. The van der Waals surface area contributed by atoms with E-state index in [0.717, 1.165) is 0 Å². The van der Waals surface area contributed by atoms with Crippen molar-refractivity contribution in [1.29, 1.82) is 0 Å². The first-order valence-electron chi connectivity index (χ1n) is 5.88. The molecule has 1 aliphatic heterocycles. The van der Waals surface area contributed by atoms with Crippen LogP contribution in [0.25, 0.3) is 0 Å². The van der Waals surface area contributed by atoms with Gasteiger partial charge in [-0.2, -0.15) is 0 Å². The van der Waals surface area contributed by atoms with Gasteiger partial charge in [0, 0.05) is 6.42 Å². The Bertz CT molecular complexity index is 310. The van der Waals surface area contributed by atoms with Gasteiger partial charge >= 0.3 is 12.1 Å². The fraction of sp³-hybridized carbons (Fsp3) is 0.833. The molecule has 5 nitrogen and oxygen atoms in total. The van der Waals surface area contributed by atoms with Gasteiger partial charge in [0.05, 0.1) is 6.61 Å². The number of hydrogen-bond donors (Lipinski definition) is 0.